The predicted molar refractivity (Wildman–Crippen MR) is 119 cm³/mol. The molecule has 0 radical (unpaired) electrons. The number of benzene rings is 4. The van der Waals surface area contributed by atoms with Crippen LogP contribution in [0.3, 0.4) is 0 Å². The third kappa shape index (κ3) is 3.70. The van der Waals surface area contributed by atoms with Crippen LogP contribution in [-0.4, -0.2) is 9.97 Å². The largest absolute Gasteiger partial charge is 0.457 e. The lowest BCUT2D eigenvalue weighted by Gasteiger charge is -2.04. The van der Waals surface area contributed by atoms with E-state index in [1.165, 1.54) is 24.3 Å². The number of halogens is 2. The van der Waals surface area contributed by atoms with E-state index >= 15 is 0 Å². The molecule has 0 aliphatic heterocycles. The maximum Gasteiger partial charge on any atom is 0.227 e. The summed E-state index contributed by atoms with van der Waals surface area (Å²) in [6, 6.07) is 22.5. The summed E-state index contributed by atoms with van der Waals surface area (Å²) in [7, 11) is 0. The Kier molecular flexibility index (Phi) is 4.40. The second-order valence-corrected chi connectivity index (χ2v) is 7.41. The molecule has 2 aromatic heterocycles. The van der Waals surface area contributed by atoms with Gasteiger partial charge in [0, 0.05) is 23.3 Å². The number of ether oxygens (including phenoxy) is 1. The fraction of sp³-hybridized carbons (Fsp3) is 0. The Morgan fingerprint density at radius 3 is 1.39 bits per heavy atom. The monoisotopic (exact) mass is 440 g/mol. The van der Waals surface area contributed by atoms with E-state index in [9.17, 15) is 8.78 Å². The number of hydrogen-bond acceptors (Lipinski definition) is 5. The van der Waals surface area contributed by atoms with Crippen molar-refractivity contribution in [1.82, 2.24) is 9.97 Å². The van der Waals surface area contributed by atoms with Gasteiger partial charge in [-0.2, -0.15) is 0 Å². The van der Waals surface area contributed by atoms with Crippen molar-refractivity contribution in [2.24, 2.45) is 0 Å². The lowest BCUT2D eigenvalue weighted by molar-refractivity contribution is 0.481. The molecule has 33 heavy (non-hydrogen) atoms. The van der Waals surface area contributed by atoms with E-state index < -0.39 is 0 Å². The second kappa shape index (κ2) is 7.56. The molecule has 0 atom stereocenters. The van der Waals surface area contributed by atoms with Gasteiger partial charge in [0.05, 0.1) is 0 Å². The van der Waals surface area contributed by atoms with Crippen LogP contribution in [0.2, 0.25) is 0 Å². The zero-order valence-corrected chi connectivity index (χ0v) is 17.0. The summed E-state index contributed by atoms with van der Waals surface area (Å²) < 4.78 is 44.0. The quantitative estimate of drug-likeness (QED) is 0.286. The van der Waals surface area contributed by atoms with Gasteiger partial charge in [0.1, 0.15) is 34.2 Å². The predicted octanol–water partition coefficient (Wildman–Crippen LogP) is 7.37. The molecule has 5 nitrogen and oxygen atoms in total. The fourth-order valence-corrected chi connectivity index (χ4v) is 3.50. The summed E-state index contributed by atoms with van der Waals surface area (Å²) >= 11 is 0. The third-order valence-electron chi connectivity index (χ3n) is 5.14. The van der Waals surface area contributed by atoms with Crippen LogP contribution in [0, 0.1) is 11.6 Å². The third-order valence-corrected chi connectivity index (χ3v) is 5.14. The Bertz CT molecular complexity index is 1480. The van der Waals surface area contributed by atoms with Crippen molar-refractivity contribution in [2.45, 2.75) is 0 Å². The van der Waals surface area contributed by atoms with E-state index in [-0.39, 0.29) is 11.6 Å². The highest BCUT2D eigenvalue weighted by Gasteiger charge is 2.12. The Balaban J connectivity index is 1.28. The highest BCUT2D eigenvalue weighted by Crippen LogP contribution is 2.32. The first-order chi connectivity index (χ1) is 16.1. The standard InChI is InChI=1S/C26H14F2N2O3/c27-17-5-1-15(2-6-17)25-29-21-11-9-19(13-23(21)32-25)31-20-10-12-22-24(14-20)33-26(30-22)16-3-7-18(28)8-4-16/h1-14H. The van der Waals surface area contributed by atoms with E-state index in [1.54, 1.807) is 60.7 Å². The van der Waals surface area contributed by atoms with E-state index in [0.717, 1.165) is 0 Å². The van der Waals surface area contributed by atoms with Gasteiger partial charge < -0.3 is 13.6 Å². The van der Waals surface area contributed by atoms with E-state index in [1.807, 2.05) is 0 Å². The van der Waals surface area contributed by atoms with Crippen LogP contribution in [0.4, 0.5) is 8.78 Å². The number of hydrogen-bond donors (Lipinski definition) is 0. The van der Waals surface area contributed by atoms with Crippen molar-refractivity contribution in [3.05, 3.63) is 96.6 Å². The Hall–Kier alpha value is -4.52. The molecule has 0 saturated heterocycles. The molecule has 0 bridgehead atoms. The smallest absolute Gasteiger partial charge is 0.227 e. The van der Waals surface area contributed by atoms with Gasteiger partial charge in [0.15, 0.2) is 11.2 Å². The van der Waals surface area contributed by atoms with Crippen LogP contribution in [-0.2, 0) is 0 Å². The summed E-state index contributed by atoms with van der Waals surface area (Å²) in [6.45, 7) is 0. The van der Waals surface area contributed by atoms with Gasteiger partial charge in [0.2, 0.25) is 11.8 Å². The zero-order chi connectivity index (χ0) is 22.4. The van der Waals surface area contributed by atoms with Gasteiger partial charge >= 0.3 is 0 Å². The molecular weight excluding hydrogens is 426 g/mol. The van der Waals surface area contributed by atoms with Gasteiger partial charge in [-0.05, 0) is 72.8 Å². The van der Waals surface area contributed by atoms with Crippen LogP contribution >= 0.6 is 0 Å². The average molecular weight is 440 g/mol. The number of fused-ring (bicyclic) bond motifs is 2. The Morgan fingerprint density at radius 2 is 0.970 bits per heavy atom. The van der Waals surface area contributed by atoms with Crippen molar-refractivity contribution >= 4 is 22.2 Å². The number of nitrogens with zero attached hydrogens (tertiary/aromatic N) is 2. The lowest BCUT2D eigenvalue weighted by atomic mass is 10.2. The normalized spacial score (nSPS) is 11.3. The molecule has 0 saturated carbocycles. The molecule has 0 spiro atoms. The molecule has 0 fully saturated rings. The molecule has 0 aliphatic rings. The van der Waals surface area contributed by atoms with Crippen molar-refractivity contribution in [2.75, 3.05) is 0 Å². The van der Waals surface area contributed by atoms with Crippen molar-refractivity contribution in [1.29, 1.82) is 0 Å². The van der Waals surface area contributed by atoms with E-state index in [4.69, 9.17) is 13.6 Å². The minimum atomic E-state index is -0.320. The summed E-state index contributed by atoms with van der Waals surface area (Å²) in [5, 5.41) is 0. The van der Waals surface area contributed by atoms with Gasteiger partial charge in [-0.15, -0.1) is 0 Å². The van der Waals surface area contributed by atoms with Crippen LogP contribution in [0.25, 0.3) is 45.1 Å². The first-order valence-electron chi connectivity index (χ1n) is 10.1. The Labute approximate surface area is 185 Å². The molecule has 160 valence electrons. The maximum atomic E-state index is 13.2. The average Bonchev–Trinajstić information content (AvgIpc) is 3.44. The van der Waals surface area contributed by atoms with E-state index in [2.05, 4.69) is 9.97 Å². The van der Waals surface area contributed by atoms with Crippen LogP contribution in [0.5, 0.6) is 11.5 Å². The van der Waals surface area contributed by atoms with Crippen molar-refractivity contribution in [3.63, 3.8) is 0 Å². The summed E-state index contributed by atoms with van der Waals surface area (Å²) in [5.41, 5.74) is 3.79. The van der Waals surface area contributed by atoms with Crippen LogP contribution < -0.4 is 4.74 Å². The first kappa shape index (κ1) is 19.2. The van der Waals surface area contributed by atoms with E-state index in [0.29, 0.717) is 56.6 Å². The summed E-state index contributed by atoms with van der Waals surface area (Å²) in [4.78, 5) is 8.89. The van der Waals surface area contributed by atoms with Gasteiger partial charge in [-0.25, -0.2) is 18.7 Å². The van der Waals surface area contributed by atoms with Gasteiger partial charge in [-0.3, -0.25) is 0 Å². The Morgan fingerprint density at radius 1 is 0.545 bits per heavy atom. The molecule has 0 amide bonds. The van der Waals surface area contributed by atoms with Crippen molar-refractivity contribution in [3.8, 4) is 34.4 Å². The molecular formula is C26H14F2N2O3. The minimum absolute atomic E-state index is 0.320. The molecule has 2 heterocycles. The maximum absolute atomic E-state index is 13.2. The summed E-state index contributed by atoms with van der Waals surface area (Å²) in [6.07, 6.45) is 0. The number of rotatable bonds is 4. The molecule has 0 unspecified atom stereocenters. The van der Waals surface area contributed by atoms with Crippen LogP contribution in [0.15, 0.2) is 93.8 Å². The number of oxazole rings is 2. The molecule has 4 aromatic carbocycles. The second-order valence-electron chi connectivity index (χ2n) is 7.41. The molecule has 6 rings (SSSR count). The van der Waals surface area contributed by atoms with Crippen LogP contribution in [0.1, 0.15) is 0 Å². The lowest BCUT2D eigenvalue weighted by Crippen LogP contribution is -1.83. The highest BCUT2D eigenvalue weighted by atomic mass is 19.1. The van der Waals surface area contributed by atoms with Crippen molar-refractivity contribution < 1.29 is 22.4 Å². The number of aromatic nitrogens is 2. The molecule has 0 aliphatic carbocycles. The summed E-state index contributed by atoms with van der Waals surface area (Å²) in [5.74, 6) is 1.28. The minimum Gasteiger partial charge on any atom is -0.457 e. The molecule has 7 heteroatoms. The highest BCUT2D eigenvalue weighted by molar-refractivity contribution is 5.79. The fourth-order valence-electron chi connectivity index (χ4n) is 3.50. The zero-order valence-electron chi connectivity index (χ0n) is 17.0. The first-order valence-corrected chi connectivity index (χ1v) is 10.1. The molecule has 0 N–H and O–H groups in total. The van der Waals surface area contributed by atoms with Gasteiger partial charge in [0.25, 0.3) is 0 Å². The SMILES string of the molecule is Fc1ccc(-c2nc3ccc(Oc4ccc5nc(-c6ccc(F)cc6)oc5c4)cc3o2)cc1. The molecule has 6 aromatic rings. The van der Waals surface area contributed by atoms with Gasteiger partial charge in [-0.1, -0.05) is 0 Å². The topological polar surface area (TPSA) is 61.3 Å².